The van der Waals surface area contributed by atoms with Gasteiger partial charge in [-0.1, -0.05) is 103 Å². The van der Waals surface area contributed by atoms with Crippen molar-refractivity contribution < 1.29 is 4.79 Å². The quantitative estimate of drug-likeness (QED) is 0.313. The van der Waals surface area contributed by atoms with Gasteiger partial charge in [0.25, 0.3) is 0 Å². The van der Waals surface area contributed by atoms with E-state index in [-0.39, 0.29) is 0 Å². The highest BCUT2D eigenvalue weighted by molar-refractivity contribution is 6.14. The summed E-state index contributed by atoms with van der Waals surface area (Å²) in [5, 5.41) is 4.56. The molecular weight excluding hydrogens is 340 g/mol. The average molecular weight is 358 g/mol. The number of aldehydes is 1. The standard InChI is InChI=1S/C27H18O/c28-18-22-15-14-20-10-4-6-12-23(20)26(22)27-24-13-7-5-11-21(24)16-17-25(27)19-8-2-1-3-9-19/h1-18H. The van der Waals surface area contributed by atoms with Gasteiger partial charge < -0.3 is 0 Å². The minimum atomic E-state index is 0.715. The molecule has 0 atom stereocenters. The first-order valence-electron chi connectivity index (χ1n) is 9.41. The van der Waals surface area contributed by atoms with Gasteiger partial charge >= 0.3 is 0 Å². The Balaban J connectivity index is 2.00. The van der Waals surface area contributed by atoms with E-state index in [1.54, 1.807) is 0 Å². The smallest absolute Gasteiger partial charge is 0.150 e. The van der Waals surface area contributed by atoms with Crippen LogP contribution < -0.4 is 0 Å². The van der Waals surface area contributed by atoms with Crippen LogP contribution >= 0.6 is 0 Å². The van der Waals surface area contributed by atoms with Crippen LogP contribution in [0.2, 0.25) is 0 Å². The molecule has 1 nitrogen and oxygen atoms in total. The van der Waals surface area contributed by atoms with Crippen LogP contribution in [-0.4, -0.2) is 6.29 Å². The zero-order valence-corrected chi connectivity index (χ0v) is 15.3. The van der Waals surface area contributed by atoms with Gasteiger partial charge in [-0.25, -0.2) is 0 Å². The van der Waals surface area contributed by atoms with Gasteiger partial charge in [0.2, 0.25) is 0 Å². The number of carbonyl (C=O) groups is 1. The van der Waals surface area contributed by atoms with Crippen LogP contribution in [0, 0.1) is 0 Å². The van der Waals surface area contributed by atoms with Crippen LogP contribution in [0.25, 0.3) is 43.8 Å². The molecule has 5 aromatic rings. The van der Waals surface area contributed by atoms with Crippen molar-refractivity contribution in [3.8, 4) is 22.3 Å². The SMILES string of the molecule is O=Cc1ccc2ccccc2c1-c1c(-c2ccccc2)ccc2ccccc12. The summed E-state index contributed by atoms with van der Waals surface area (Å²) >= 11 is 0. The van der Waals surface area contributed by atoms with E-state index < -0.39 is 0 Å². The fourth-order valence-corrected chi connectivity index (χ4v) is 4.06. The molecule has 0 unspecified atom stereocenters. The number of hydrogen-bond acceptors (Lipinski definition) is 1. The second kappa shape index (κ2) is 6.79. The lowest BCUT2D eigenvalue weighted by molar-refractivity contribution is 0.112. The van der Waals surface area contributed by atoms with Crippen LogP contribution in [0.1, 0.15) is 10.4 Å². The van der Waals surface area contributed by atoms with Crippen molar-refractivity contribution in [3.63, 3.8) is 0 Å². The highest BCUT2D eigenvalue weighted by Gasteiger charge is 2.17. The summed E-state index contributed by atoms with van der Waals surface area (Å²) in [4.78, 5) is 12.0. The minimum Gasteiger partial charge on any atom is -0.298 e. The number of hydrogen-bond donors (Lipinski definition) is 0. The molecule has 0 N–H and O–H groups in total. The fraction of sp³-hybridized carbons (Fsp3) is 0. The maximum Gasteiger partial charge on any atom is 0.150 e. The Hall–Kier alpha value is -3.71. The third kappa shape index (κ3) is 2.60. The van der Waals surface area contributed by atoms with Crippen molar-refractivity contribution in [2.24, 2.45) is 0 Å². The van der Waals surface area contributed by atoms with Gasteiger partial charge in [0, 0.05) is 11.1 Å². The number of rotatable bonds is 3. The van der Waals surface area contributed by atoms with Gasteiger partial charge in [-0.05, 0) is 38.2 Å². The van der Waals surface area contributed by atoms with Crippen LogP contribution in [0.15, 0.2) is 103 Å². The fourth-order valence-electron chi connectivity index (χ4n) is 4.06. The molecule has 0 fully saturated rings. The van der Waals surface area contributed by atoms with Crippen LogP contribution in [0.3, 0.4) is 0 Å². The normalized spacial score (nSPS) is 11.0. The van der Waals surface area contributed by atoms with E-state index in [1.807, 2.05) is 30.3 Å². The first kappa shape index (κ1) is 16.5. The Kier molecular flexibility index (Phi) is 3.99. The molecule has 0 bridgehead atoms. The zero-order chi connectivity index (χ0) is 18.9. The number of fused-ring (bicyclic) bond motifs is 2. The molecule has 1 heteroatoms. The average Bonchev–Trinajstić information content (AvgIpc) is 2.78. The molecule has 0 heterocycles. The molecule has 132 valence electrons. The molecule has 0 aliphatic rings. The summed E-state index contributed by atoms with van der Waals surface area (Å²) in [7, 11) is 0. The van der Waals surface area contributed by atoms with Crippen LogP contribution in [0.5, 0.6) is 0 Å². The van der Waals surface area contributed by atoms with Gasteiger partial charge in [0.15, 0.2) is 6.29 Å². The summed E-state index contributed by atoms with van der Waals surface area (Å²) in [6.07, 6.45) is 0.971. The lowest BCUT2D eigenvalue weighted by Gasteiger charge is -2.18. The van der Waals surface area contributed by atoms with E-state index in [4.69, 9.17) is 0 Å². The molecule has 0 aliphatic heterocycles. The van der Waals surface area contributed by atoms with E-state index in [2.05, 4.69) is 72.8 Å². The van der Waals surface area contributed by atoms with Gasteiger partial charge in [0.1, 0.15) is 0 Å². The predicted molar refractivity (Wildman–Crippen MR) is 118 cm³/mol. The third-order valence-corrected chi connectivity index (χ3v) is 5.35. The molecule has 0 spiro atoms. The van der Waals surface area contributed by atoms with E-state index >= 15 is 0 Å². The molecule has 0 radical (unpaired) electrons. The molecule has 28 heavy (non-hydrogen) atoms. The molecule has 0 aromatic heterocycles. The number of benzene rings is 5. The van der Waals surface area contributed by atoms with Crippen molar-refractivity contribution in [3.05, 3.63) is 109 Å². The monoisotopic (exact) mass is 358 g/mol. The molecule has 0 amide bonds. The van der Waals surface area contributed by atoms with Gasteiger partial charge in [0.05, 0.1) is 0 Å². The van der Waals surface area contributed by atoms with E-state index in [0.717, 1.165) is 44.7 Å². The number of carbonyl (C=O) groups excluding carboxylic acids is 1. The minimum absolute atomic E-state index is 0.715. The van der Waals surface area contributed by atoms with Crippen LogP contribution in [0.4, 0.5) is 0 Å². The topological polar surface area (TPSA) is 17.1 Å². The Morgan fingerprint density at radius 3 is 1.75 bits per heavy atom. The second-order valence-electron chi connectivity index (χ2n) is 6.94. The Labute approximate surface area is 163 Å². The van der Waals surface area contributed by atoms with Gasteiger partial charge in [-0.3, -0.25) is 4.79 Å². The first-order chi connectivity index (χ1) is 13.9. The van der Waals surface area contributed by atoms with Crippen molar-refractivity contribution >= 4 is 27.8 Å². The predicted octanol–water partition coefficient (Wildman–Crippen LogP) is 7.14. The third-order valence-electron chi connectivity index (χ3n) is 5.35. The molecule has 0 aliphatic carbocycles. The van der Waals surface area contributed by atoms with Gasteiger partial charge in [-0.15, -0.1) is 0 Å². The Morgan fingerprint density at radius 2 is 1.07 bits per heavy atom. The molecule has 5 aromatic carbocycles. The second-order valence-corrected chi connectivity index (χ2v) is 6.94. The summed E-state index contributed by atoms with van der Waals surface area (Å²) in [6, 6.07) is 35.3. The Morgan fingerprint density at radius 1 is 0.500 bits per heavy atom. The van der Waals surface area contributed by atoms with Crippen molar-refractivity contribution in [1.29, 1.82) is 0 Å². The largest absolute Gasteiger partial charge is 0.298 e. The van der Waals surface area contributed by atoms with E-state index in [0.29, 0.717) is 5.56 Å². The highest BCUT2D eigenvalue weighted by Crippen LogP contribution is 2.42. The molecule has 0 saturated heterocycles. The van der Waals surface area contributed by atoms with Crippen molar-refractivity contribution in [2.45, 2.75) is 0 Å². The lowest BCUT2D eigenvalue weighted by Crippen LogP contribution is -1.94. The zero-order valence-electron chi connectivity index (χ0n) is 15.3. The maximum absolute atomic E-state index is 12.0. The summed E-state index contributed by atoms with van der Waals surface area (Å²) in [5.41, 5.74) is 5.12. The van der Waals surface area contributed by atoms with Crippen molar-refractivity contribution in [2.75, 3.05) is 0 Å². The Bertz CT molecular complexity index is 1320. The van der Waals surface area contributed by atoms with Crippen LogP contribution in [-0.2, 0) is 0 Å². The van der Waals surface area contributed by atoms with Crippen molar-refractivity contribution in [1.82, 2.24) is 0 Å². The van der Waals surface area contributed by atoms with Gasteiger partial charge in [-0.2, -0.15) is 0 Å². The molecule has 0 saturated carbocycles. The molecular formula is C27H18O. The lowest BCUT2D eigenvalue weighted by atomic mass is 9.85. The summed E-state index contributed by atoms with van der Waals surface area (Å²) < 4.78 is 0. The van der Waals surface area contributed by atoms with E-state index in [1.165, 1.54) is 5.39 Å². The first-order valence-corrected chi connectivity index (χ1v) is 9.41. The highest BCUT2D eigenvalue weighted by atomic mass is 16.1. The summed E-state index contributed by atoms with van der Waals surface area (Å²) in [5.74, 6) is 0. The van der Waals surface area contributed by atoms with E-state index in [9.17, 15) is 4.79 Å². The summed E-state index contributed by atoms with van der Waals surface area (Å²) in [6.45, 7) is 0. The maximum atomic E-state index is 12.0. The molecule has 5 rings (SSSR count).